The van der Waals surface area contributed by atoms with Crippen molar-refractivity contribution in [3.63, 3.8) is 0 Å². The lowest BCUT2D eigenvalue weighted by Crippen LogP contribution is -2.43. The van der Waals surface area contributed by atoms with Crippen molar-refractivity contribution in [3.8, 4) is 5.88 Å². The van der Waals surface area contributed by atoms with Crippen molar-refractivity contribution in [2.75, 3.05) is 13.7 Å². The van der Waals surface area contributed by atoms with Crippen LogP contribution in [0.4, 0.5) is 0 Å². The van der Waals surface area contributed by atoms with Crippen LogP contribution in [0.15, 0.2) is 12.4 Å². The molecule has 0 saturated heterocycles. The highest BCUT2D eigenvalue weighted by Crippen LogP contribution is 2.43. The standard InChI is InChI=1S/C14H23N3O/c1-14(2,3)17-9-10-5-6-11(10)12-13(18-4)16-8-7-15-12/h7-8,10-11,17H,5-6,9H2,1-4H3. The van der Waals surface area contributed by atoms with E-state index in [0.29, 0.717) is 17.7 Å². The number of hydrogen-bond acceptors (Lipinski definition) is 4. The largest absolute Gasteiger partial charge is 0.480 e. The SMILES string of the molecule is COc1nccnc1C1CCC1CNC(C)(C)C. The fourth-order valence-electron chi connectivity index (χ4n) is 2.36. The Balaban J connectivity index is 2.01. The second kappa shape index (κ2) is 5.22. The average Bonchev–Trinajstić information content (AvgIpc) is 2.27. The van der Waals surface area contributed by atoms with Crippen LogP contribution in [0.5, 0.6) is 5.88 Å². The molecule has 0 bridgehead atoms. The van der Waals surface area contributed by atoms with Crippen LogP contribution in [0.2, 0.25) is 0 Å². The molecule has 4 heteroatoms. The zero-order chi connectivity index (χ0) is 13.2. The summed E-state index contributed by atoms with van der Waals surface area (Å²) in [5, 5.41) is 3.57. The molecule has 1 saturated carbocycles. The average molecular weight is 249 g/mol. The predicted molar refractivity (Wildman–Crippen MR) is 71.8 cm³/mol. The van der Waals surface area contributed by atoms with Gasteiger partial charge in [-0.3, -0.25) is 4.98 Å². The minimum Gasteiger partial charge on any atom is -0.480 e. The molecule has 1 aromatic heterocycles. The zero-order valence-electron chi connectivity index (χ0n) is 11.7. The van der Waals surface area contributed by atoms with Crippen LogP contribution in [0, 0.1) is 5.92 Å². The van der Waals surface area contributed by atoms with Crippen molar-refractivity contribution in [2.24, 2.45) is 5.92 Å². The van der Waals surface area contributed by atoms with E-state index in [9.17, 15) is 0 Å². The minimum atomic E-state index is 0.173. The van der Waals surface area contributed by atoms with E-state index in [2.05, 4.69) is 36.1 Å². The minimum absolute atomic E-state index is 0.173. The molecule has 0 aliphatic heterocycles. The molecule has 0 spiro atoms. The third-order valence-corrected chi connectivity index (χ3v) is 3.55. The Morgan fingerprint density at radius 2 is 2.00 bits per heavy atom. The van der Waals surface area contributed by atoms with Crippen molar-refractivity contribution in [2.45, 2.75) is 45.1 Å². The summed E-state index contributed by atoms with van der Waals surface area (Å²) in [4.78, 5) is 8.69. The predicted octanol–water partition coefficient (Wildman–Crippen LogP) is 2.37. The smallest absolute Gasteiger partial charge is 0.235 e. The van der Waals surface area contributed by atoms with Gasteiger partial charge < -0.3 is 10.1 Å². The second-order valence-electron chi connectivity index (χ2n) is 6.03. The zero-order valence-corrected chi connectivity index (χ0v) is 11.7. The Kier molecular flexibility index (Phi) is 3.85. The topological polar surface area (TPSA) is 47.0 Å². The first-order chi connectivity index (χ1) is 8.51. The molecule has 2 unspecified atom stereocenters. The van der Waals surface area contributed by atoms with E-state index in [1.807, 2.05) is 0 Å². The molecule has 100 valence electrons. The number of nitrogens with one attached hydrogen (secondary N) is 1. The monoisotopic (exact) mass is 249 g/mol. The van der Waals surface area contributed by atoms with Crippen LogP contribution in [0.25, 0.3) is 0 Å². The van der Waals surface area contributed by atoms with Crippen molar-refractivity contribution < 1.29 is 4.74 Å². The number of nitrogens with zero attached hydrogens (tertiary/aromatic N) is 2. The van der Waals surface area contributed by atoms with E-state index < -0.39 is 0 Å². The summed E-state index contributed by atoms with van der Waals surface area (Å²) in [5.74, 6) is 1.82. The Hall–Kier alpha value is -1.16. The van der Waals surface area contributed by atoms with Crippen molar-refractivity contribution in [1.29, 1.82) is 0 Å². The Morgan fingerprint density at radius 3 is 2.56 bits per heavy atom. The lowest BCUT2D eigenvalue weighted by atomic mass is 9.71. The van der Waals surface area contributed by atoms with E-state index in [-0.39, 0.29) is 5.54 Å². The van der Waals surface area contributed by atoms with Gasteiger partial charge in [0.25, 0.3) is 0 Å². The Bertz CT molecular complexity index is 400. The molecule has 0 radical (unpaired) electrons. The maximum absolute atomic E-state index is 5.30. The number of aromatic nitrogens is 2. The van der Waals surface area contributed by atoms with Crippen molar-refractivity contribution in [3.05, 3.63) is 18.1 Å². The maximum atomic E-state index is 5.30. The van der Waals surface area contributed by atoms with Crippen LogP contribution < -0.4 is 10.1 Å². The van der Waals surface area contributed by atoms with Gasteiger partial charge >= 0.3 is 0 Å². The quantitative estimate of drug-likeness (QED) is 0.890. The molecule has 4 nitrogen and oxygen atoms in total. The fraction of sp³-hybridized carbons (Fsp3) is 0.714. The van der Waals surface area contributed by atoms with Crippen LogP contribution >= 0.6 is 0 Å². The third-order valence-electron chi connectivity index (χ3n) is 3.55. The molecule has 2 rings (SSSR count). The van der Waals surface area contributed by atoms with Gasteiger partial charge in [-0.2, -0.15) is 0 Å². The first-order valence-electron chi connectivity index (χ1n) is 6.61. The van der Waals surface area contributed by atoms with E-state index >= 15 is 0 Å². The molecule has 0 aromatic carbocycles. The summed E-state index contributed by atoms with van der Waals surface area (Å²) in [7, 11) is 1.66. The molecule has 1 aromatic rings. The van der Waals surface area contributed by atoms with Gasteiger partial charge in [-0.1, -0.05) is 0 Å². The van der Waals surface area contributed by atoms with Gasteiger partial charge in [0, 0.05) is 23.9 Å². The Labute approximate surface area is 109 Å². The molecule has 1 fully saturated rings. The van der Waals surface area contributed by atoms with Gasteiger partial charge in [-0.05, 0) is 46.1 Å². The van der Waals surface area contributed by atoms with Gasteiger partial charge in [-0.15, -0.1) is 0 Å². The summed E-state index contributed by atoms with van der Waals surface area (Å²) < 4.78 is 5.30. The van der Waals surface area contributed by atoms with E-state index in [1.54, 1.807) is 19.5 Å². The summed E-state index contributed by atoms with van der Waals surface area (Å²) >= 11 is 0. The lowest BCUT2D eigenvalue weighted by Gasteiger charge is -2.38. The fourth-order valence-corrected chi connectivity index (χ4v) is 2.36. The summed E-state index contributed by atoms with van der Waals surface area (Å²) in [5.41, 5.74) is 1.19. The maximum Gasteiger partial charge on any atom is 0.235 e. The van der Waals surface area contributed by atoms with Gasteiger partial charge in [0.05, 0.1) is 7.11 Å². The molecular weight excluding hydrogens is 226 g/mol. The van der Waals surface area contributed by atoms with Crippen molar-refractivity contribution >= 4 is 0 Å². The Morgan fingerprint density at radius 1 is 1.28 bits per heavy atom. The molecular formula is C14H23N3O. The van der Waals surface area contributed by atoms with E-state index in [0.717, 1.165) is 12.2 Å². The molecule has 1 aliphatic rings. The van der Waals surface area contributed by atoms with Crippen LogP contribution in [0.3, 0.4) is 0 Å². The summed E-state index contributed by atoms with van der Waals surface area (Å²) in [6, 6.07) is 0. The molecule has 18 heavy (non-hydrogen) atoms. The molecule has 1 aliphatic carbocycles. The highest BCUT2D eigenvalue weighted by atomic mass is 16.5. The second-order valence-corrected chi connectivity index (χ2v) is 6.03. The highest BCUT2D eigenvalue weighted by Gasteiger charge is 2.35. The normalized spacial score (nSPS) is 23.6. The lowest BCUT2D eigenvalue weighted by molar-refractivity contribution is 0.215. The summed E-state index contributed by atoms with van der Waals surface area (Å²) in [6.45, 7) is 7.63. The molecule has 0 amide bonds. The van der Waals surface area contributed by atoms with Crippen LogP contribution in [-0.4, -0.2) is 29.2 Å². The first kappa shape index (κ1) is 13.3. The number of methoxy groups -OCH3 is 1. The first-order valence-corrected chi connectivity index (χ1v) is 6.61. The van der Waals surface area contributed by atoms with Crippen LogP contribution in [0.1, 0.15) is 45.2 Å². The highest BCUT2D eigenvalue weighted by molar-refractivity contribution is 5.24. The van der Waals surface area contributed by atoms with Gasteiger partial charge in [0.1, 0.15) is 5.69 Å². The van der Waals surface area contributed by atoms with E-state index in [1.165, 1.54) is 12.8 Å². The summed E-state index contributed by atoms with van der Waals surface area (Å²) in [6.07, 6.45) is 5.88. The molecule has 1 N–H and O–H groups in total. The molecule has 2 atom stereocenters. The van der Waals surface area contributed by atoms with E-state index in [4.69, 9.17) is 4.74 Å². The number of rotatable bonds is 4. The van der Waals surface area contributed by atoms with Gasteiger partial charge in [0.2, 0.25) is 5.88 Å². The number of ether oxygens (including phenoxy) is 1. The van der Waals surface area contributed by atoms with Crippen LogP contribution in [-0.2, 0) is 0 Å². The van der Waals surface area contributed by atoms with Gasteiger partial charge in [-0.25, -0.2) is 4.98 Å². The third kappa shape index (κ3) is 2.99. The number of hydrogen-bond donors (Lipinski definition) is 1. The molecule has 1 heterocycles. The van der Waals surface area contributed by atoms with Gasteiger partial charge in [0.15, 0.2) is 0 Å². The van der Waals surface area contributed by atoms with Crippen molar-refractivity contribution in [1.82, 2.24) is 15.3 Å².